The van der Waals surface area contributed by atoms with Crippen LogP contribution in [0.15, 0.2) is 24.3 Å². The summed E-state index contributed by atoms with van der Waals surface area (Å²) in [6, 6.07) is 8.45. The molecule has 2 rings (SSSR count). The van der Waals surface area contributed by atoms with Gasteiger partial charge < -0.3 is 15.2 Å². The van der Waals surface area contributed by atoms with E-state index in [-0.39, 0.29) is 18.1 Å². The number of methoxy groups -OCH3 is 1. The molecule has 1 saturated heterocycles. The molecule has 1 atom stereocenters. The summed E-state index contributed by atoms with van der Waals surface area (Å²) in [4.78, 5) is 2.47. The van der Waals surface area contributed by atoms with Gasteiger partial charge in [-0.05, 0) is 17.7 Å². The van der Waals surface area contributed by atoms with Crippen LogP contribution in [-0.4, -0.2) is 49.9 Å². The molecule has 20 heavy (non-hydrogen) atoms. The van der Waals surface area contributed by atoms with Crippen molar-refractivity contribution in [3.05, 3.63) is 29.8 Å². The zero-order valence-corrected chi connectivity index (χ0v) is 12.7. The van der Waals surface area contributed by atoms with Crippen LogP contribution < -0.4 is 10.1 Å². The van der Waals surface area contributed by atoms with Gasteiger partial charge in [0, 0.05) is 44.2 Å². The molecule has 1 fully saturated rings. The summed E-state index contributed by atoms with van der Waals surface area (Å²) in [5.41, 5.74) is 1.07. The van der Waals surface area contributed by atoms with Crippen molar-refractivity contribution in [3.63, 3.8) is 0 Å². The predicted octanol–water partition coefficient (Wildman–Crippen LogP) is 1.66. The van der Waals surface area contributed by atoms with Crippen molar-refractivity contribution in [1.82, 2.24) is 10.2 Å². The average Bonchev–Trinajstić information content (AvgIpc) is 2.49. The summed E-state index contributed by atoms with van der Waals surface area (Å²) in [6.07, 6.45) is 0. The summed E-state index contributed by atoms with van der Waals surface area (Å²) in [5, 5.41) is 13.2. The lowest BCUT2D eigenvalue weighted by Gasteiger charge is -2.43. The van der Waals surface area contributed by atoms with Crippen molar-refractivity contribution >= 4 is 0 Å². The minimum absolute atomic E-state index is 0.174. The van der Waals surface area contributed by atoms with Crippen LogP contribution in [0.3, 0.4) is 0 Å². The quantitative estimate of drug-likeness (QED) is 0.860. The molecule has 4 nitrogen and oxygen atoms in total. The van der Waals surface area contributed by atoms with Crippen molar-refractivity contribution in [2.75, 3.05) is 39.9 Å². The monoisotopic (exact) mass is 278 g/mol. The van der Waals surface area contributed by atoms with Gasteiger partial charge in [-0.3, -0.25) is 4.90 Å². The molecule has 1 aromatic carbocycles. The minimum atomic E-state index is -0.175. The lowest BCUT2D eigenvalue weighted by Crippen LogP contribution is -2.49. The van der Waals surface area contributed by atoms with Crippen molar-refractivity contribution in [2.24, 2.45) is 5.41 Å². The Kier molecular flexibility index (Phi) is 5.02. The number of hydrogen-bond donors (Lipinski definition) is 2. The second kappa shape index (κ2) is 6.57. The molecule has 0 spiro atoms. The van der Waals surface area contributed by atoms with E-state index >= 15 is 0 Å². The Morgan fingerprint density at radius 1 is 1.25 bits per heavy atom. The van der Waals surface area contributed by atoms with Gasteiger partial charge in [-0.15, -0.1) is 0 Å². The van der Waals surface area contributed by atoms with Crippen molar-refractivity contribution in [3.8, 4) is 5.75 Å². The molecular formula is C16H26N2O2. The summed E-state index contributed by atoms with van der Waals surface area (Å²) >= 11 is 0. The van der Waals surface area contributed by atoms with Gasteiger partial charge in [0.25, 0.3) is 0 Å². The first-order valence-electron chi connectivity index (χ1n) is 7.28. The Labute approximate surface area is 121 Å². The smallest absolute Gasteiger partial charge is 0.118 e. The molecule has 4 heteroatoms. The third-order valence-electron chi connectivity index (χ3n) is 4.10. The molecule has 0 aliphatic carbocycles. The van der Waals surface area contributed by atoms with E-state index in [1.165, 1.54) is 5.56 Å². The predicted molar refractivity (Wildman–Crippen MR) is 81.0 cm³/mol. The summed E-state index contributed by atoms with van der Waals surface area (Å²) in [5.74, 6) is 0.870. The van der Waals surface area contributed by atoms with Crippen molar-refractivity contribution < 1.29 is 9.84 Å². The number of aliphatic hydroxyl groups is 1. The number of aliphatic hydroxyl groups excluding tert-OH is 1. The first kappa shape index (κ1) is 15.3. The van der Waals surface area contributed by atoms with E-state index in [4.69, 9.17) is 4.74 Å². The second-order valence-corrected chi connectivity index (χ2v) is 6.11. The fraction of sp³-hybridized carbons (Fsp3) is 0.625. The zero-order valence-electron chi connectivity index (χ0n) is 12.7. The van der Waals surface area contributed by atoms with E-state index in [2.05, 4.69) is 36.2 Å². The highest BCUT2D eigenvalue weighted by atomic mass is 16.5. The molecular weight excluding hydrogens is 252 g/mol. The Bertz CT molecular complexity index is 411. The first-order chi connectivity index (χ1) is 9.58. The van der Waals surface area contributed by atoms with Gasteiger partial charge >= 0.3 is 0 Å². The van der Waals surface area contributed by atoms with Crippen molar-refractivity contribution in [1.29, 1.82) is 0 Å². The Morgan fingerprint density at radius 2 is 1.85 bits per heavy atom. The highest BCUT2D eigenvalue weighted by Gasteiger charge is 2.35. The van der Waals surface area contributed by atoms with Crippen LogP contribution in [0.4, 0.5) is 0 Å². The van der Waals surface area contributed by atoms with Crippen LogP contribution >= 0.6 is 0 Å². The van der Waals surface area contributed by atoms with Crippen LogP contribution in [0.2, 0.25) is 0 Å². The maximum atomic E-state index is 9.79. The van der Waals surface area contributed by atoms with E-state index in [0.29, 0.717) is 0 Å². The van der Waals surface area contributed by atoms with E-state index in [1.54, 1.807) is 7.11 Å². The third kappa shape index (κ3) is 3.32. The molecule has 1 aromatic rings. The molecule has 0 saturated carbocycles. The normalized spacial score (nSPS) is 18.8. The highest BCUT2D eigenvalue weighted by Crippen LogP contribution is 2.38. The van der Waals surface area contributed by atoms with Gasteiger partial charge in [-0.1, -0.05) is 26.0 Å². The van der Waals surface area contributed by atoms with Gasteiger partial charge in [0.15, 0.2) is 0 Å². The average molecular weight is 278 g/mol. The van der Waals surface area contributed by atoms with E-state index in [1.807, 2.05) is 12.1 Å². The SMILES string of the molecule is COc1ccc([C@@H](N2CCNCC2)C(C)(C)CO)cc1. The lowest BCUT2D eigenvalue weighted by molar-refractivity contribution is 0.0305. The fourth-order valence-corrected chi connectivity index (χ4v) is 2.97. The third-order valence-corrected chi connectivity index (χ3v) is 4.10. The largest absolute Gasteiger partial charge is 0.497 e. The molecule has 0 radical (unpaired) electrons. The number of nitrogens with one attached hydrogen (secondary N) is 1. The molecule has 0 amide bonds. The molecule has 2 N–H and O–H groups in total. The van der Waals surface area contributed by atoms with Crippen LogP contribution in [0, 0.1) is 5.41 Å². The maximum Gasteiger partial charge on any atom is 0.118 e. The zero-order chi connectivity index (χ0) is 14.6. The van der Waals surface area contributed by atoms with Crippen LogP contribution in [0.25, 0.3) is 0 Å². The van der Waals surface area contributed by atoms with Crippen molar-refractivity contribution in [2.45, 2.75) is 19.9 Å². The van der Waals surface area contributed by atoms with E-state index in [0.717, 1.165) is 31.9 Å². The maximum absolute atomic E-state index is 9.79. The van der Waals surface area contributed by atoms with E-state index in [9.17, 15) is 5.11 Å². The number of hydrogen-bond acceptors (Lipinski definition) is 4. The fourth-order valence-electron chi connectivity index (χ4n) is 2.97. The van der Waals surface area contributed by atoms with Crippen LogP contribution in [0.5, 0.6) is 5.75 Å². The molecule has 0 aromatic heterocycles. The number of benzene rings is 1. The highest BCUT2D eigenvalue weighted by molar-refractivity contribution is 5.30. The molecule has 1 aliphatic heterocycles. The van der Waals surface area contributed by atoms with E-state index < -0.39 is 0 Å². The second-order valence-electron chi connectivity index (χ2n) is 6.11. The number of ether oxygens (including phenoxy) is 1. The Morgan fingerprint density at radius 3 is 2.35 bits per heavy atom. The Balaban J connectivity index is 2.29. The van der Waals surface area contributed by atoms with Gasteiger partial charge in [0.2, 0.25) is 0 Å². The van der Waals surface area contributed by atoms with Crippen LogP contribution in [-0.2, 0) is 0 Å². The molecule has 1 aliphatic rings. The number of rotatable bonds is 5. The lowest BCUT2D eigenvalue weighted by atomic mass is 9.79. The van der Waals surface area contributed by atoms with Gasteiger partial charge in [0.1, 0.15) is 5.75 Å². The van der Waals surface area contributed by atoms with Gasteiger partial charge in [-0.2, -0.15) is 0 Å². The van der Waals surface area contributed by atoms with Gasteiger partial charge in [0.05, 0.1) is 7.11 Å². The topological polar surface area (TPSA) is 44.7 Å². The standard InChI is InChI=1S/C16H26N2O2/c1-16(2,12-19)15(18-10-8-17-9-11-18)13-4-6-14(20-3)7-5-13/h4-7,15,17,19H,8-12H2,1-3H3/t15-/m1/s1. The molecule has 0 bridgehead atoms. The number of nitrogens with zero attached hydrogens (tertiary/aromatic N) is 1. The molecule has 112 valence electrons. The summed E-state index contributed by atoms with van der Waals surface area (Å²) in [6.45, 7) is 8.48. The van der Waals surface area contributed by atoms with Crippen LogP contribution in [0.1, 0.15) is 25.5 Å². The number of piperazine rings is 1. The summed E-state index contributed by atoms with van der Waals surface area (Å²) in [7, 11) is 1.68. The minimum Gasteiger partial charge on any atom is -0.497 e. The van der Waals surface area contributed by atoms with Gasteiger partial charge in [-0.25, -0.2) is 0 Å². The molecule has 1 heterocycles. The molecule has 0 unspecified atom stereocenters. The first-order valence-corrected chi connectivity index (χ1v) is 7.28. The Hall–Kier alpha value is -1.10. The summed E-state index contributed by atoms with van der Waals surface area (Å²) < 4.78 is 5.23.